The molecule has 1 saturated heterocycles. The van der Waals surface area contributed by atoms with Crippen molar-refractivity contribution in [2.75, 3.05) is 12.4 Å². The maximum absolute atomic E-state index is 8.66. The molecule has 1 rings (SSSR count). The van der Waals surface area contributed by atoms with Gasteiger partial charge >= 0.3 is 7.32 Å². The molecule has 1 unspecified atom stereocenters. The highest BCUT2D eigenvalue weighted by molar-refractivity contribution is 7.80. The van der Waals surface area contributed by atoms with Crippen molar-refractivity contribution in [3.8, 4) is 0 Å². The average molecular weight is 148 g/mol. The van der Waals surface area contributed by atoms with Gasteiger partial charge in [0.25, 0.3) is 0 Å². The van der Waals surface area contributed by atoms with Gasteiger partial charge in [-0.3, -0.25) is 0 Å². The van der Waals surface area contributed by atoms with Crippen LogP contribution in [0, 0.1) is 0 Å². The van der Waals surface area contributed by atoms with Crippen LogP contribution in [0.3, 0.4) is 0 Å². The van der Waals surface area contributed by atoms with E-state index in [1.165, 1.54) is 0 Å². The molecule has 1 N–H and O–H groups in total. The Morgan fingerprint density at radius 1 is 1.78 bits per heavy atom. The molecule has 0 aromatic carbocycles. The molecule has 0 aliphatic carbocycles. The van der Waals surface area contributed by atoms with Gasteiger partial charge < -0.3 is 14.3 Å². The van der Waals surface area contributed by atoms with E-state index in [9.17, 15) is 0 Å². The molecular weight excluding hydrogens is 139 g/mol. The quantitative estimate of drug-likeness (QED) is 0.417. The number of rotatable bonds is 2. The zero-order valence-electron chi connectivity index (χ0n) is 4.99. The van der Waals surface area contributed by atoms with Crippen LogP contribution in [0.5, 0.6) is 0 Å². The number of hydrogen-bond donors (Lipinski definition) is 2. The Hall–Kier alpha value is 0.295. The zero-order valence-corrected chi connectivity index (χ0v) is 5.88. The first kappa shape index (κ1) is 7.40. The maximum atomic E-state index is 8.66. The smallest absolute Gasteiger partial charge is 0.402 e. The molecule has 1 fully saturated rings. The van der Waals surface area contributed by atoms with Crippen LogP contribution < -0.4 is 0 Å². The molecular formula is C4H9BO3S. The standard InChI is InChI=1S/C4H9BO3S/c6-5-7-3-4(8-5)1-2-9/h4,6,9H,1-3H2. The van der Waals surface area contributed by atoms with Crippen LogP contribution in [0.25, 0.3) is 0 Å². The predicted molar refractivity (Wildman–Crippen MR) is 37.3 cm³/mol. The third-order valence-electron chi connectivity index (χ3n) is 1.18. The largest absolute Gasteiger partial charge is 0.637 e. The van der Waals surface area contributed by atoms with Crippen LogP contribution in [-0.2, 0) is 9.31 Å². The molecule has 0 spiro atoms. The van der Waals surface area contributed by atoms with Gasteiger partial charge in [-0.25, -0.2) is 0 Å². The van der Waals surface area contributed by atoms with Crippen LogP contribution in [0.1, 0.15) is 6.42 Å². The van der Waals surface area contributed by atoms with Gasteiger partial charge in [0.2, 0.25) is 0 Å². The second-order valence-corrected chi connectivity index (χ2v) is 2.36. The highest BCUT2D eigenvalue weighted by atomic mass is 32.1. The lowest BCUT2D eigenvalue weighted by Crippen LogP contribution is -2.15. The summed E-state index contributed by atoms with van der Waals surface area (Å²) in [4.78, 5) is 0. The van der Waals surface area contributed by atoms with Crippen LogP contribution in [0.15, 0.2) is 0 Å². The van der Waals surface area contributed by atoms with Gasteiger partial charge in [-0.1, -0.05) is 0 Å². The Balaban J connectivity index is 2.14. The van der Waals surface area contributed by atoms with E-state index in [4.69, 9.17) is 14.3 Å². The monoisotopic (exact) mass is 148 g/mol. The molecule has 9 heavy (non-hydrogen) atoms. The van der Waals surface area contributed by atoms with E-state index in [0.29, 0.717) is 6.61 Å². The molecule has 0 radical (unpaired) electrons. The predicted octanol–water partition coefficient (Wildman–Crippen LogP) is -0.301. The molecule has 1 aliphatic heterocycles. The first-order valence-corrected chi connectivity index (χ1v) is 3.52. The van der Waals surface area contributed by atoms with Crippen LogP contribution in [0.2, 0.25) is 0 Å². The maximum Gasteiger partial charge on any atom is 0.637 e. The summed E-state index contributed by atoms with van der Waals surface area (Å²) in [7, 11) is -1.00. The normalized spacial score (nSPS) is 27.3. The van der Waals surface area contributed by atoms with Crippen molar-refractivity contribution in [2.24, 2.45) is 0 Å². The Morgan fingerprint density at radius 3 is 3.00 bits per heavy atom. The highest BCUT2D eigenvalue weighted by Gasteiger charge is 2.29. The topological polar surface area (TPSA) is 38.7 Å². The number of thiol groups is 1. The molecule has 3 nitrogen and oxygen atoms in total. The fraction of sp³-hybridized carbons (Fsp3) is 1.00. The Labute approximate surface area is 59.9 Å². The SMILES string of the molecule is OB1OCC(CCS)O1. The van der Waals surface area contributed by atoms with E-state index in [2.05, 4.69) is 12.6 Å². The minimum atomic E-state index is -1.00. The third-order valence-corrected chi connectivity index (χ3v) is 1.44. The fourth-order valence-electron chi connectivity index (χ4n) is 0.728. The Kier molecular flexibility index (Phi) is 2.85. The third kappa shape index (κ3) is 2.17. The van der Waals surface area contributed by atoms with Crippen LogP contribution >= 0.6 is 12.6 Å². The van der Waals surface area contributed by atoms with Gasteiger partial charge in [-0.15, -0.1) is 0 Å². The van der Waals surface area contributed by atoms with Gasteiger partial charge in [-0.05, 0) is 12.2 Å². The van der Waals surface area contributed by atoms with Gasteiger partial charge in [0.1, 0.15) is 0 Å². The van der Waals surface area contributed by atoms with Crippen molar-refractivity contribution in [1.82, 2.24) is 0 Å². The van der Waals surface area contributed by atoms with Gasteiger partial charge in [0.15, 0.2) is 0 Å². The summed E-state index contributed by atoms with van der Waals surface area (Å²) >= 11 is 4.01. The summed E-state index contributed by atoms with van der Waals surface area (Å²) in [5, 5.41) is 8.66. The summed E-state index contributed by atoms with van der Waals surface area (Å²) in [5.41, 5.74) is 0. The molecule has 1 aliphatic rings. The number of hydrogen-bond acceptors (Lipinski definition) is 4. The average Bonchev–Trinajstić information content (AvgIpc) is 2.17. The van der Waals surface area contributed by atoms with Gasteiger partial charge in [0.05, 0.1) is 12.7 Å². The zero-order chi connectivity index (χ0) is 6.69. The van der Waals surface area contributed by atoms with E-state index >= 15 is 0 Å². The van der Waals surface area contributed by atoms with Crippen molar-refractivity contribution in [3.05, 3.63) is 0 Å². The first-order valence-electron chi connectivity index (χ1n) is 2.89. The molecule has 1 heterocycles. The van der Waals surface area contributed by atoms with E-state index in [0.717, 1.165) is 12.2 Å². The molecule has 0 amide bonds. The van der Waals surface area contributed by atoms with Crippen LogP contribution in [-0.4, -0.2) is 30.8 Å². The minimum Gasteiger partial charge on any atom is -0.402 e. The van der Waals surface area contributed by atoms with Crippen molar-refractivity contribution in [3.63, 3.8) is 0 Å². The van der Waals surface area contributed by atoms with E-state index < -0.39 is 7.32 Å². The second-order valence-electron chi connectivity index (χ2n) is 1.91. The lowest BCUT2D eigenvalue weighted by Gasteiger charge is -2.03. The Morgan fingerprint density at radius 2 is 2.56 bits per heavy atom. The molecule has 5 heteroatoms. The molecule has 1 atom stereocenters. The summed E-state index contributed by atoms with van der Waals surface area (Å²) in [6.45, 7) is 0.488. The Bertz CT molecular complexity index is 89.9. The first-order chi connectivity index (χ1) is 4.33. The van der Waals surface area contributed by atoms with Crippen LogP contribution in [0.4, 0.5) is 0 Å². The molecule has 0 aromatic heterocycles. The minimum absolute atomic E-state index is 0.0394. The summed E-state index contributed by atoms with van der Waals surface area (Å²) in [6.07, 6.45) is 0.873. The van der Waals surface area contributed by atoms with E-state index in [-0.39, 0.29) is 6.10 Å². The summed E-state index contributed by atoms with van der Waals surface area (Å²) in [5.74, 6) is 0.765. The molecule has 0 saturated carbocycles. The molecule has 0 bridgehead atoms. The second kappa shape index (κ2) is 3.46. The van der Waals surface area contributed by atoms with Gasteiger partial charge in [0, 0.05) is 0 Å². The molecule has 52 valence electrons. The fourth-order valence-corrected chi connectivity index (χ4v) is 1.02. The van der Waals surface area contributed by atoms with E-state index in [1.54, 1.807) is 0 Å². The summed E-state index contributed by atoms with van der Waals surface area (Å²) < 4.78 is 9.60. The molecule has 0 aromatic rings. The lowest BCUT2D eigenvalue weighted by molar-refractivity contribution is 0.207. The highest BCUT2D eigenvalue weighted by Crippen LogP contribution is 2.09. The van der Waals surface area contributed by atoms with Crippen molar-refractivity contribution in [2.45, 2.75) is 12.5 Å². The summed E-state index contributed by atoms with van der Waals surface area (Å²) in [6, 6.07) is 0. The van der Waals surface area contributed by atoms with Crippen molar-refractivity contribution < 1.29 is 14.3 Å². The van der Waals surface area contributed by atoms with Crippen molar-refractivity contribution in [1.29, 1.82) is 0 Å². The van der Waals surface area contributed by atoms with Crippen molar-refractivity contribution >= 4 is 20.0 Å². The van der Waals surface area contributed by atoms with E-state index in [1.807, 2.05) is 0 Å². The van der Waals surface area contributed by atoms with Gasteiger partial charge in [-0.2, -0.15) is 12.6 Å². The lowest BCUT2D eigenvalue weighted by atomic mass is 10.2.